The maximum atomic E-state index is 13.4. The summed E-state index contributed by atoms with van der Waals surface area (Å²) in [5.74, 6) is -0.113. The van der Waals surface area contributed by atoms with Crippen LogP contribution in [0.2, 0.25) is 15.1 Å². The summed E-state index contributed by atoms with van der Waals surface area (Å²) in [6.07, 6.45) is 0. The fourth-order valence-electron chi connectivity index (χ4n) is 4.05. The Hall–Kier alpha value is -2.99. The zero-order valence-electron chi connectivity index (χ0n) is 16.5. The first-order valence-electron chi connectivity index (χ1n) is 9.81. The number of phenols is 1. The fraction of sp³-hybridized carbons (Fsp3) is 0.0833. The monoisotopic (exact) mass is 483 g/mol. The van der Waals surface area contributed by atoms with Crippen LogP contribution < -0.4 is 0 Å². The van der Waals surface area contributed by atoms with E-state index in [9.17, 15) is 9.90 Å². The number of para-hydroxylation sites is 1. The molecule has 32 heavy (non-hydrogen) atoms. The number of benzene rings is 3. The Morgan fingerprint density at radius 3 is 2.44 bits per heavy atom. The summed E-state index contributed by atoms with van der Waals surface area (Å²) in [6.45, 7) is 0.351. The Morgan fingerprint density at radius 1 is 0.969 bits per heavy atom. The molecule has 0 aliphatic carbocycles. The van der Waals surface area contributed by atoms with Gasteiger partial charge in [-0.2, -0.15) is 5.10 Å². The van der Waals surface area contributed by atoms with Crippen molar-refractivity contribution in [2.24, 2.45) is 0 Å². The van der Waals surface area contributed by atoms with Crippen molar-refractivity contribution in [2.45, 2.75) is 12.6 Å². The molecule has 2 N–H and O–H groups in total. The molecule has 1 amide bonds. The van der Waals surface area contributed by atoms with Crippen molar-refractivity contribution < 1.29 is 9.90 Å². The minimum absolute atomic E-state index is 0.0817. The van der Waals surface area contributed by atoms with E-state index < -0.39 is 6.04 Å². The number of halogens is 3. The lowest BCUT2D eigenvalue weighted by molar-refractivity contribution is 0.0730. The molecule has 4 aromatic rings. The summed E-state index contributed by atoms with van der Waals surface area (Å²) in [5, 5.41) is 19.1. The predicted octanol–water partition coefficient (Wildman–Crippen LogP) is 6.49. The van der Waals surface area contributed by atoms with Gasteiger partial charge < -0.3 is 10.0 Å². The molecule has 2 heterocycles. The third kappa shape index (κ3) is 3.52. The molecule has 8 heteroatoms. The number of rotatable bonds is 4. The van der Waals surface area contributed by atoms with E-state index in [1.165, 1.54) is 0 Å². The summed E-state index contributed by atoms with van der Waals surface area (Å²) in [5.41, 5.74) is 3.84. The number of carbonyl (C=O) groups excluding carboxylic acids is 1. The van der Waals surface area contributed by atoms with Crippen molar-refractivity contribution in [1.82, 2.24) is 15.1 Å². The van der Waals surface area contributed by atoms with Gasteiger partial charge in [0.05, 0.1) is 16.1 Å². The highest BCUT2D eigenvalue weighted by molar-refractivity contribution is 6.42. The lowest BCUT2D eigenvalue weighted by atomic mass is 9.95. The van der Waals surface area contributed by atoms with E-state index in [1.54, 1.807) is 47.4 Å². The van der Waals surface area contributed by atoms with Gasteiger partial charge in [0, 0.05) is 22.7 Å². The fourth-order valence-corrected chi connectivity index (χ4v) is 4.49. The SMILES string of the molecule is O=C1c2[nH]nc(-c3ccccc3O)c2C(c2ccc(Cl)c(Cl)c2)N1Cc1ccc(Cl)cc1. The Bertz CT molecular complexity index is 1330. The zero-order chi connectivity index (χ0) is 22.4. The normalized spacial score (nSPS) is 15.3. The molecule has 0 saturated heterocycles. The molecule has 1 aliphatic heterocycles. The average Bonchev–Trinajstić information content (AvgIpc) is 3.32. The first-order chi connectivity index (χ1) is 15.4. The van der Waals surface area contributed by atoms with Gasteiger partial charge in [-0.25, -0.2) is 0 Å². The van der Waals surface area contributed by atoms with Crippen molar-refractivity contribution in [2.75, 3.05) is 0 Å². The maximum Gasteiger partial charge on any atom is 0.273 e. The molecule has 0 fully saturated rings. The molecule has 1 aromatic heterocycles. The molecule has 0 radical (unpaired) electrons. The number of H-pyrrole nitrogens is 1. The largest absolute Gasteiger partial charge is 0.507 e. The van der Waals surface area contributed by atoms with Crippen LogP contribution in [0.5, 0.6) is 5.75 Å². The topological polar surface area (TPSA) is 69.2 Å². The van der Waals surface area contributed by atoms with E-state index in [0.29, 0.717) is 44.1 Å². The Balaban J connectivity index is 1.67. The van der Waals surface area contributed by atoms with Crippen LogP contribution in [0.3, 0.4) is 0 Å². The first-order valence-corrected chi connectivity index (χ1v) is 10.9. The minimum Gasteiger partial charge on any atom is -0.507 e. The van der Waals surface area contributed by atoms with Gasteiger partial charge in [0.25, 0.3) is 5.91 Å². The van der Waals surface area contributed by atoms with E-state index >= 15 is 0 Å². The van der Waals surface area contributed by atoms with Crippen LogP contribution in [0.15, 0.2) is 66.7 Å². The van der Waals surface area contributed by atoms with Crippen molar-refractivity contribution in [1.29, 1.82) is 0 Å². The van der Waals surface area contributed by atoms with Gasteiger partial charge in [-0.15, -0.1) is 0 Å². The van der Waals surface area contributed by atoms with Crippen molar-refractivity contribution in [3.63, 3.8) is 0 Å². The standard InChI is InChI=1S/C24H16Cl3N3O2/c25-15-8-5-13(6-9-15)12-30-23(14-7-10-17(26)18(27)11-14)20-21(28-29-22(20)24(30)32)16-3-1-2-4-19(16)31/h1-11,23,31H,12H2,(H,28,29). The van der Waals surface area contributed by atoms with E-state index in [1.807, 2.05) is 24.3 Å². The second-order valence-electron chi connectivity index (χ2n) is 7.51. The molecule has 1 aliphatic rings. The van der Waals surface area contributed by atoms with E-state index in [2.05, 4.69) is 10.2 Å². The van der Waals surface area contributed by atoms with Crippen molar-refractivity contribution in [3.05, 3.63) is 104 Å². The summed E-state index contributed by atoms with van der Waals surface area (Å²) >= 11 is 18.5. The summed E-state index contributed by atoms with van der Waals surface area (Å²) < 4.78 is 0. The molecule has 0 spiro atoms. The molecule has 3 aromatic carbocycles. The van der Waals surface area contributed by atoms with Crippen LogP contribution in [0.25, 0.3) is 11.3 Å². The van der Waals surface area contributed by atoms with Gasteiger partial charge in [0.15, 0.2) is 0 Å². The van der Waals surface area contributed by atoms with Gasteiger partial charge in [-0.05, 0) is 47.5 Å². The second-order valence-corrected chi connectivity index (χ2v) is 8.76. The van der Waals surface area contributed by atoms with Crippen LogP contribution in [0.4, 0.5) is 0 Å². The van der Waals surface area contributed by atoms with Crippen molar-refractivity contribution >= 4 is 40.7 Å². The molecule has 0 bridgehead atoms. The van der Waals surface area contributed by atoms with Gasteiger partial charge in [0.1, 0.15) is 17.1 Å². The lowest BCUT2D eigenvalue weighted by Gasteiger charge is -2.27. The smallest absolute Gasteiger partial charge is 0.273 e. The number of hydrogen-bond donors (Lipinski definition) is 2. The van der Waals surface area contributed by atoms with Crippen LogP contribution in [-0.2, 0) is 6.54 Å². The molecule has 0 saturated carbocycles. The van der Waals surface area contributed by atoms with Crippen LogP contribution >= 0.6 is 34.8 Å². The number of carbonyl (C=O) groups is 1. The maximum absolute atomic E-state index is 13.4. The lowest BCUT2D eigenvalue weighted by Crippen LogP contribution is -2.29. The number of nitrogens with zero attached hydrogens (tertiary/aromatic N) is 2. The molecule has 5 rings (SSSR count). The molecular formula is C24H16Cl3N3O2. The Labute approximate surface area is 199 Å². The first kappa shape index (κ1) is 20.9. The van der Waals surface area contributed by atoms with E-state index in [-0.39, 0.29) is 11.7 Å². The molecule has 1 unspecified atom stereocenters. The Morgan fingerprint density at radius 2 is 1.72 bits per heavy atom. The number of aromatic amines is 1. The highest BCUT2D eigenvalue weighted by Crippen LogP contribution is 2.45. The number of aromatic hydroxyl groups is 1. The number of phenolic OH excluding ortho intramolecular Hbond substituents is 1. The van der Waals surface area contributed by atoms with Gasteiger partial charge >= 0.3 is 0 Å². The highest BCUT2D eigenvalue weighted by atomic mass is 35.5. The molecular weight excluding hydrogens is 469 g/mol. The summed E-state index contributed by atoms with van der Waals surface area (Å²) in [7, 11) is 0. The predicted molar refractivity (Wildman–Crippen MR) is 125 cm³/mol. The number of fused-ring (bicyclic) bond motifs is 1. The van der Waals surface area contributed by atoms with Gasteiger partial charge in [-0.1, -0.05) is 65.1 Å². The number of hydrogen-bond acceptors (Lipinski definition) is 3. The van der Waals surface area contributed by atoms with Gasteiger partial charge in [0.2, 0.25) is 0 Å². The average molecular weight is 485 g/mol. The Kier molecular flexibility index (Phi) is 5.33. The second kappa shape index (κ2) is 8.17. The van der Waals surface area contributed by atoms with Crippen LogP contribution in [-0.4, -0.2) is 26.1 Å². The van der Waals surface area contributed by atoms with Crippen molar-refractivity contribution in [3.8, 4) is 17.0 Å². The van der Waals surface area contributed by atoms with Crippen LogP contribution in [0.1, 0.15) is 33.2 Å². The molecule has 160 valence electrons. The third-order valence-electron chi connectivity index (χ3n) is 5.55. The highest BCUT2D eigenvalue weighted by Gasteiger charge is 2.42. The third-order valence-corrected chi connectivity index (χ3v) is 6.54. The summed E-state index contributed by atoms with van der Waals surface area (Å²) in [4.78, 5) is 15.2. The number of amides is 1. The minimum atomic E-state index is -0.476. The van der Waals surface area contributed by atoms with E-state index in [4.69, 9.17) is 34.8 Å². The van der Waals surface area contributed by atoms with Crippen LogP contribution in [0, 0.1) is 0 Å². The molecule has 1 atom stereocenters. The van der Waals surface area contributed by atoms with E-state index in [0.717, 1.165) is 11.1 Å². The number of nitrogens with one attached hydrogen (secondary N) is 1. The molecule has 5 nitrogen and oxygen atoms in total. The summed E-state index contributed by atoms with van der Waals surface area (Å²) in [6, 6.07) is 19.1. The quantitative estimate of drug-likeness (QED) is 0.348. The number of aromatic nitrogens is 2. The zero-order valence-corrected chi connectivity index (χ0v) is 18.8. The van der Waals surface area contributed by atoms with Gasteiger partial charge in [-0.3, -0.25) is 9.89 Å².